The predicted molar refractivity (Wildman–Crippen MR) is 133 cm³/mol. The molecule has 3 aromatic carbocycles. The van der Waals surface area contributed by atoms with E-state index in [0.29, 0.717) is 38.7 Å². The number of hydrogen-bond acceptors (Lipinski definition) is 4. The van der Waals surface area contributed by atoms with Crippen LogP contribution in [0.2, 0.25) is 10.0 Å². The molecule has 5 rings (SSSR count). The first-order chi connectivity index (χ1) is 15.7. The Balaban J connectivity index is 1.61. The first-order valence-corrected chi connectivity index (χ1v) is 12.8. The number of rotatable bonds is 6. The van der Waals surface area contributed by atoms with Gasteiger partial charge >= 0.3 is 0 Å². The Morgan fingerprint density at radius 2 is 1.70 bits per heavy atom. The number of fused-ring (bicyclic) bond motifs is 1. The largest absolute Gasteiger partial charge is 0.454 e. The van der Waals surface area contributed by atoms with E-state index in [4.69, 9.17) is 33.7 Å². The molecule has 0 unspecified atom stereocenters. The van der Waals surface area contributed by atoms with Crippen molar-refractivity contribution < 1.29 is 13.2 Å². The van der Waals surface area contributed by atoms with Gasteiger partial charge in [-0.15, -0.1) is 0 Å². The summed E-state index contributed by atoms with van der Waals surface area (Å²) in [4.78, 5) is 0.253. The maximum atomic E-state index is 13.5. The molecule has 8 heteroatoms. The number of benzene rings is 3. The summed E-state index contributed by atoms with van der Waals surface area (Å²) in [6, 6.07) is 15.3. The highest BCUT2D eigenvalue weighted by Crippen LogP contribution is 2.41. The monoisotopic (exact) mass is 500 g/mol. The number of hydrogen-bond donors (Lipinski definition) is 1. The van der Waals surface area contributed by atoms with E-state index in [1.54, 1.807) is 54.7 Å². The lowest BCUT2D eigenvalue weighted by Crippen LogP contribution is -2.11. The molecule has 170 valence electrons. The highest BCUT2D eigenvalue weighted by Gasteiger charge is 2.27. The van der Waals surface area contributed by atoms with E-state index in [0.717, 1.165) is 35.8 Å². The smallest absolute Gasteiger partial charge is 0.268 e. The number of aryl methyl sites for hydroxylation is 1. The van der Waals surface area contributed by atoms with Gasteiger partial charge in [-0.05, 0) is 80.1 Å². The zero-order valence-corrected chi connectivity index (χ0v) is 20.2. The SMILES string of the molecule is Cc1ccc(S(=O)(=O)n2cc(CC3CC3)c3cc(Oc4c(Cl)cc(N)cc4Cl)ccc32)cc1. The average Bonchev–Trinajstić information content (AvgIpc) is 3.50. The maximum Gasteiger partial charge on any atom is 0.268 e. The molecule has 0 radical (unpaired) electrons. The molecular formula is C25H22Cl2N2O3S. The molecule has 0 amide bonds. The fraction of sp³-hybridized carbons (Fsp3) is 0.200. The van der Waals surface area contributed by atoms with Crippen LogP contribution in [0.4, 0.5) is 5.69 Å². The first kappa shape index (κ1) is 22.1. The molecule has 0 aliphatic heterocycles. The Morgan fingerprint density at radius 1 is 1.03 bits per heavy atom. The fourth-order valence-corrected chi connectivity index (χ4v) is 5.89. The van der Waals surface area contributed by atoms with Crippen LogP contribution in [0.3, 0.4) is 0 Å². The minimum Gasteiger partial charge on any atom is -0.454 e. The molecule has 0 bridgehead atoms. The van der Waals surface area contributed by atoms with Gasteiger partial charge in [-0.1, -0.05) is 40.9 Å². The fourth-order valence-electron chi connectivity index (χ4n) is 3.92. The second kappa shape index (κ2) is 8.28. The lowest BCUT2D eigenvalue weighted by atomic mass is 10.1. The van der Waals surface area contributed by atoms with Crippen LogP contribution in [0.1, 0.15) is 24.0 Å². The van der Waals surface area contributed by atoms with Crippen molar-refractivity contribution in [1.82, 2.24) is 3.97 Å². The molecule has 1 aliphatic carbocycles. The molecule has 1 saturated carbocycles. The quantitative estimate of drug-likeness (QED) is 0.294. The van der Waals surface area contributed by atoms with E-state index in [1.807, 2.05) is 13.0 Å². The molecule has 1 heterocycles. The van der Waals surface area contributed by atoms with Gasteiger partial charge < -0.3 is 10.5 Å². The van der Waals surface area contributed by atoms with Gasteiger partial charge in [0.1, 0.15) is 5.75 Å². The summed E-state index contributed by atoms with van der Waals surface area (Å²) in [6.07, 6.45) is 4.87. The number of nitrogen functional groups attached to an aromatic ring is 1. The third-order valence-corrected chi connectivity index (χ3v) is 8.10. The zero-order chi connectivity index (χ0) is 23.3. The minimum absolute atomic E-state index is 0.253. The molecule has 1 aromatic heterocycles. The Bertz CT molecular complexity index is 1450. The molecular weight excluding hydrogens is 479 g/mol. The standard InChI is InChI=1S/C25H22Cl2N2O3S/c1-15-2-7-20(8-3-15)33(30,31)29-14-17(10-16-4-5-16)21-13-19(6-9-24(21)29)32-25-22(26)11-18(28)12-23(25)27/h2-3,6-9,11-14,16H,4-5,10,28H2,1H3. The normalized spacial score (nSPS) is 14.0. The predicted octanol–water partition coefficient (Wildman–Crippen LogP) is 6.82. The molecule has 0 atom stereocenters. The van der Waals surface area contributed by atoms with E-state index in [9.17, 15) is 8.42 Å². The Kier molecular flexibility index (Phi) is 5.55. The molecule has 0 saturated heterocycles. The van der Waals surface area contributed by atoms with Gasteiger partial charge in [0, 0.05) is 17.3 Å². The van der Waals surface area contributed by atoms with Crippen molar-refractivity contribution in [2.45, 2.75) is 31.1 Å². The van der Waals surface area contributed by atoms with Crippen LogP contribution < -0.4 is 10.5 Å². The first-order valence-electron chi connectivity index (χ1n) is 10.6. The van der Waals surface area contributed by atoms with Gasteiger partial charge in [0.25, 0.3) is 10.0 Å². The highest BCUT2D eigenvalue weighted by atomic mass is 35.5. The summed E-state index contributed by atoms with van der Waals surface area (Å²) < 4.78 is 34.3. The lowest BCUT2D eigenvalue weighted by molar-refractivity contribution is 0.484. The van der Waals surface area contributed by atoms with Crippen molar-refractivity contribution in [3.63, 3.8) is 0 Å². The molecule has 33 heavy (non-hydrogen) atoms. The van der Waals surface area contributed by atoms with Crippen molar-refractivity contribution in [3.05, 3.63) is 82.0 Å². The molecule has 1 aliphatic rings. The Hall–Kier alpha value is -2.67. The number of anilines is 1. The molecule has 5 nitrogen and oxygen atoms in total. The van der Waals surface area contributed by atoms with Crippen LogP contribution in [-0.2, 0) is 16.4 Å². The van der Waals surface area contributed by atoms with Gasteiger partial charge in [0.05, 0.1) is 20.5 Å². The zero-order valence-electron chi connectivity index (χ0n) is 17.9. The summed E-state index contributed by atoms with van der Waals surface area (Å²) in [5.41, 5.74) is 8.81. The summed E-state index contributed by atoms with van der Waals surface area (Å²) in [6.45, 7) is 1.93. The van der Waals surface area contributed by atoms with Crippen molar-refractivity contribution in [1.29, 1.82) is 0 Å². The third-order valence-electron chi connectivity index (χ3n) is 5.85. The Morgan fingerprint density at radius 3 is 2.33 bits per heavy atom. The van der Waals surface area contributed by atoms with Crippen LogP contribution in [0.5, 0.6) is 11.5 Å². The van der Waals surface area contributed by atoms with E-state index >= 15 is 0 Å². The second-order valence-electron chi connectivity index (χ2n) is 8.51. The van der Waals surface area contributed by atoms with Gasteiger partial charge in [0.2, 0.25) is 0 Å². The van der Waals surface area contributed by atoms with Crippen molar-refractivity contribution in [2.75, 3.05) is 5.73 Å². The number of ether oxygens (including phenoxy) is 1. The molecule has 1 fully saturated rings. The maximum absolute atomic E-state index is 13.5. The van der Waals surface area contributed by atoms with E-state index in [1.165, 1.54) is 3.97 Å². The molecule has 0 spiro atoms. The van der Waals surface area contributed by atoms with Gasteiger partial charge in [-0.3, -0.25) is 0 Å². The molecule has 4 aromatic rings. The number of aromatic nitrogens is 1. The number of nitrogens with two attached hydrogens (primary N) is 1. The van der Waals surface area contributed by atoms with Gasteiger partial charge in [-0.25, -0.2) is 12.4 Å². The summed E-state index contributed by atoms with van der Waals surface area (Å²) in [5.74, 6) is 1.40. The topological polar surface area (TPSA) is 74.3 Å². The number of halogens is 2. The average molecular weight is 501 g/mol. The number of nitrogens with zero attached hydrogens (tertiary/aromatic N) is 1. The highest BCUT2D eigenvalue weighted by molar-refractivity contribution is 7.90. The summed E-state index contributed by atoms with van der Waals surface area (Å²) in [5, 5.41) is 1.44. The van der Waals surface area contributed by atoms with Crippen LogP contribution in [0, 0.1) is 12.8 Å². The van der Waals surface area contributed by atoms with E-state index < -0.39 is 10.0 Å². The van der Waals surface area contributed by atoms with Crippen molar-refractivity contribution in [3.8, 4) is 11.5 Å². The van der Waals surface area contributed by atoms with Gasteiger partial charge in [-0.2, -0.15) is 0 Å². The van der Waals surface area contributed by atoms with Gasteiger partial charge in [0.15, 0.2) is 5.75 Å². The van der Waals surface area contributed by atoms with Crippen LogP contribution in [0.15, 0.2) is 65.7 Å². The summed E-state index contributed by atoms with van der Waals surface area (Å²) >= 11 is 12.6. The van der Waals surface area contributed by atoms with Crippen LogP contribution in [0.25, 0.3) is 10.9 Å². The van der Waals surface area contributed by atoms with Crippen molar-refractivity contribution >= 4 is 49.8 Å². The minimum atomic E-state index is -3.75. The van der Waals surface area contributed by atoms with E-state index in [-0.39, 0.29) is 4.90 Å². The third kappa shape index (κ3) is 4.31. The van der Waals surface area contributed by atoms with Crippen molar-refractivity contribution in [2.24, 2.45) is 5.92 Å². The van der Waals surface area contributed by atoms with E-state index in [2.05, 4.69) is 0 Å². The second-order valence-corrected chi connectivity index (χ2v) is 11.1. The van der Waals surface area contributed by atoms with Crippen LogP contribution in [-0.4, -0.2) is 12.4 Å². The molecule has 2 N–H and O–H groups in total. The van der Waals surface area contributed by atoms with Crippen LogP contribution >= 0.6 is 23.2 Å². The summed E-state index contributed by atoms with van der Waals surface area (Å²) in [7, 11) is -3.75. The Labute approximate surface area is 202 Å². The lowest BCUT2D eigenvalue weighted by Gasteiger charge is -2.11.